The fourth-order valence-corrected chi connectivity index (χ4v) is 4.14. The molecule has 2 fully saturated rings. The number of rotatable bonds is 3. The Hall–Kier alpha value is -3.02. The number of aromatic nitrogens is 1. The molecule has 3 heterocycles. The van der Waals surface area contributed by atoms with Gasteiger partial charge < -0.3 is 9.80 Å². The van der Waals surface area contributed by atoms with E-state index in [1.807, 2.05) is 30.0 Å². The number of pyridine rings is 1. The summed E-state index contributed by atoms with van der Waals surface area (Å²) in [6.45, 7) is 5.28. The molecule has 2 aromatic rings. The zero-order valence-electron chi connectivity index (χ0n) is 17.4. The first-order chi connectivity index (χ1) is 14.4. The molecule has 0 spiro atoms. The Morgan fingerprint density at radius 1 is 1.17 bits per heavy atom. The van der Waals surface area contributed by atoms with Gasteiger partial charge in [-0.3, -0.25) is 14.6 Å². The van der Waals surface area contributed by atoms with Crippen LogP contribution in [0.25, 0.3) is 6.08 Å². The second-order valence-electron chi connectivity index (χ2n) is 8.17. The molecule has 5 nitrogen and oxygen atoms in total. The topological polar surface area (TPSA) is 53.5 Å². The van der Waals surface area contributed by atoms with Crippen molar-refractivity contribution in [2.24, 2.45) is 5.92 Å². The molecule has 0 saturated carbocycles. The number of likely N-dealkylation sites (tertiary alicyclic amines) is 1. The van der Waals surface area contributed by atoms with Crippen LogP contribution in [-0.2, 0) is 9.59 Å². The number of piperidine rings is 1. The Morgan fingerprint density at radius 2 is 1.93 bits per heavy atom. The molecular weight excluding hydrogens is 381 g/mol. The molecule has 156 valence electrons. The molecule has 0 radical (unpaired) electrons. The number of halogens is 1. The second-order valence-corrected chi connectivity index (χ2v) is 8.17. The van der Waals surface area contributed by atoms with E-state index in [1.54, 1.807) is 19.1 Å². The Labute approximate surface area is 176 Å². The van der Waals surface area contributed by atoms with Crippen LogP contribution in [0.1, 0.15) is 36.2 Å². The molecule has 1 aromatic carbocycles. The van der Waals surface area contributed by atoms with Gasteiger partial charge in [-0.25, -0.2) is 4.39 Å². The van der Waals surface area contributed by atoms with Crippen molar-refractivity contribution in [3.05, 3.63) is 64.7 Å². The van der Waals surface area contributed by atoms with Gasteiger partial charge >= 0.3 is 0 Å². The predicted octanol–water partition coefficient (Wildman–Crippen LogP) is 3.90. The maximum absolute atomic E-state index is 13.9. The standard InChI is InChI=1S/C24H26FN3O2/c1-16-6-7-21(14-22(16)25)28-15-19(13-23(28)29)24(30)27-10-8-18(9-11-27)12-20-5-3-4-17(2)26-20/h3-7,12,14,19H,8-11,13,15H2,1-2H3. The minimum atomic E-state index is -0.370. The lowest BCUT2D eigenvalue weighted by Crippen LogP contribution is -2.41. The highest BCUT2D eigenvalue weighted by atomic mass is 19.1. The van der Waals surface area contributed by atoms with E-state index < -0.39 is 0 Å². The molecule has 0 bridgehead atoms. The van der Waals surface area contributed by atoms with E-state index in [1.165, 1.54) is 16.5 Å². The van der Waals surface area contributed by atoms with Gasteiger partial charge in [-0.15, -0.1) is 0 Å². The highest BCUT2D eigenvalue weighted by Crippen LogP contribution is 2.29. The van der Waals surface area contributed by atoms with E-state index in [-0.39, 0.29) is 30.0 Å². The number of hydrogen-bond acceptors (Lipinski definition) is 3. The average Bonchev–Trinajstić information content (AvgIpc) is 3.12. The van der Waals surface area contributed by atoms with Gasteiger partial charge in [0.15, 0.2) is 0 Å². The van der Waals surface area contributed by atoms with Crippen molar-refractivity contribution in [3.8, 4) is 0 Å². The number of hydrogen-bond donors (Lipinski definition) is 0. The maximum Gasteiger partial charge on any atom is 0.228 e. The lowest BCUT2D eigenvalue weighted by molar-refractivity contribution is -0.136. The summed E-state index contributed by atoms with van der Waals surface area (Å²) < 4.78 is 13.9. The van der Waals surface area contributed by atoms with E-state index in [2.05, 4.69) is 11.1 Å². The van der Waals surface area contributed by atoms with E-state index in [0.29, 0.717) is 30.9 Å². The summed E-state index contributed by atoms with van der Waals surface area (Å²) in [6.07, 6.45) is 3.92. The molecule has 1 atom stereocenters. The molecule has 4 rings (SSSR count). The van der Waals surface area contributed by atoms with Gasteiger partial charge in [-0.1, -0.05) is 17.7 Å². The largest absolute Gasteiger partial charge is 0.342 e. The lowest BCUT2D eigenvalue weighted by Gasteiger charge is -2.30. The maximum atomic E-state index is 13.9. The van der Waals surface area contributed by atoms with Crippen LogP contribution in [0.15, 0.2) is 42.0 Å². The van der Waals surface area contributed by atoms with Crippen LogP contribution < -0.4 is 4.90 Å². The molecule has 2 aliphatic heterocycles. The van der Waals surface area contributed by atoms with Gasteiger partial charge in [0.25, 0.3) is 0 Å². The number of aryl methyl sites for hydroxylation is 2. The number of anilines is 1. The van der Waals surface area contributed by atoms with Gasteiger partial charge in [0.2, 0.25) is 11.8 Å². The first-order valence-electron chi connectivity index (χ1n) is 10.4. The highest BCUT2D eigenvalue weighted by molar-refractivity contribution is 6.00. The molecule has 0 aliphatic carbocycles. The molecule has 1 aromatic heterocycles. The Morgan fingerprint density at radius 3 is 2.63 bits per heavy atom. The lowest BCUT2D eigenvalue weighted by atomic mass is 10.00. The first-order valence-corrected chi connectivity index (χ1v) is 10.4. The van der Waals surface area contributed by atoms with E-state index in [4.69, 9.17) is 0 Å². The predicted molar refractivity (Wildman–Crippen MR) is 114 cm³/mol. The molecule has 1 unspecified atom stereocenters. The smallest absolute Gasteiger partial charge is 0.228 e. The van der Waals surface area contributed by atoms with Crippen LogP contribution in [-0.4, -0.2) is 41.3 Å². The monoisotopic (exact) mass is 407 g/mol. The van der Waals surface area contributed by atoms with Gasteiger partial charge in [0, 0.05) is 37.4 Å². The van der Waals surface area contributed by atoms with Crippen LogP contribution in [0.5, 0.6) is 0 Å². The van der Waals surface area contributed by atoms with Crippen molar-refractivity contribution < 1.29 is 14.0 Å². The van der Waals surface area contributed by atoms with Crippen molar-refractivity contribution >= 4 is 23.6 Å². The summed E-state index contributed by atoms with van der Waals surface area (Å²) in [7, 11) is 0. The number of benzene rings is 1. The summed E-state index contributed by atoms with van der Waals surface area (Å²) in [6, 6.07) is 10.7. The van der Waals surface area contributed by atoms with Crippen molar-refractivity contribution in [1.29, 1.82) is 0 Å². The summed E-state index contributed by atoms with van der Waals surface area (Å²) in [5.41, 5.74) is 4.29. The second kappa shape index (κ2) is 8.38. The zero-order valence-corrected chi connectivity index (χ0v) is 17.4. The third-order valence-corrected chi connectivity index (χ3v) is 5.92. The van der Waals surface area contributed by atoms with Crippen molar-refractivity contribution in [2.45, 2.75) is 33.1 Å². The summed E-state index contributed by atoms with van der Waals surface area (Å²) in [5, 5.41) is 0. The van der Waals surface area contributed by atoms with Gasteiger partial charge in [-0.2, -0.15) is 0 Å². The van der Waals surface area contributed by atoms with E-state index in [0.717, 1.165) is 24.2 Å². The van der Waals surface area contributed by atoms with Crippen molar-refractivity contribution in [3.63, 3.8) is 0 Å². The molecule has 30 heavy (non-hydrogen) atoms. The number of carbonyl (C=O) groups excluding carboxylic acids is 2. The SMILES string of the molecule is Cc1cccc(C=C2CCN(C(=O)C3CC(=O)N(c4ccc(C)c(F)c4)C3)CC2)n1. The summed E-state index contributed by atoms with van der Waals surface area (Å²) in [5.74, 6) is -0.815. The number of nitrogens with zero attached hydrogens (tertiary/aromatic N) is 3. The van der Waals surface area contributed by atoms with Gasteiger partial charge in [-0.05, 0) is 62.6 Å². The Bertz CT molecular complexity index is 1010. The first kappa shape index (κ1) is 20.3. The Balaban J connectivity index is 1.37. The van der Waals surface area contributed by atoms with Crippen LogP contribution in [0, 0.1) is 25.6 Å². The highest BCUT2D eigenvalue weighted by Gasteiger charge is 2.37. The van der Waals surface area contributed by atoms with Crippen LogP contribution in [0.3, 0.4) is 0 Å². The average molecular weight is 407 g/mol. The van der Waals surface area contributed by atoms with Crippen molar-refractivity contribution in [2.75, 3.05) is 24.5 Å². The molecule has 2 saturated heterocycles. The van der Waals surface area contributed by atoms with Crippen molar-refractivity contribution in [1.82, 2.24) is 9.88 Å². The van der Waals surface area contributed by atoms with E-state index >= 15 is 0 Å². The minimum absolute atomic E-state index is 0.0196. The van der Waals surface area contributed by atoms with Crippen LogP contribution in [0.4, 0.5) is 10.1 Å². The normalized spacial score (nSPS) is 19.4. The summed E-state index contributed by atoms with van der Waals surface area (Å²) in [4.78, 5) is 33.4. The molecular formula is C24H26FN3O2. The number of amides is 2. The third kappa shape index (κ3) is 4.27. The fourth-order valence-electron chi connectivity index (χ4n) is 4.14. The van der Waals surface area contributed by atoms with Crippen LogP contribution in [0.2, 0.25) is 0 Å². The Kier molecular flexibility index (Phi) is 5.66. The fraction of sp³-hybridized carbons (Fsp3) is 0.375. The van der Waals surface area contributed by atoms with Gasteiger partial charge in [0.1, 0.15) is 5.82 Å². The minimum Gasteiger partial charge on any atom is -0.342 e. The molecule has 2 amide bonds. The van der Waals surface area contributed by atoms with Gasteiger partial charge in [0.05, 0.1) is 11.6 Å². The van der Waals surface area contributed by atoms with E-state index in [9.17, 15) is 14.0 Å². The number of carbonyl (C=O) groups is 2. The molecule has 6 heteroatoms. The quantitative estimate of drug-likeness (QED) is 0.776. The zero-order chi connectivity index (χ0) is 21.3. The van der Waals surface area contributed by atoms with Crippen LogP contribution >= 0.6 is 0 Å². The molecule has 0 N–H and O–H groups in total. The summed E-state index contributed by atoms with van der Waals surface area (Å²) >= 11 is 0. The molecule has 2 aliphatic rings. The third-order valence-electron chi connectivity index (χ3n) is 5.92.